The van der Waals surface area contributed by atoms with Gasteiger partial charge in [-0.1, -0.05) is 13.8 Å². The van der Waals surface area contributed by atoms with Gasteiger partial charge in [0, 0.05) is 0 Å². The number of nitrogens with two attached hydrogens (primary N) is 1. The summed E-state index contributed by atoms with van der Waals surface area (Å²) in [4.78, 5) is 34.9. The third kappa shape index (κ3) is 8.88. The maximum atomic E-state index is 12.1. The first-order valence-corrected chi connectivity index (χ1v) is 7.01. The van der Waals surface area contributed by atoms with Crippen LogP contribution < -0.4 is 16.4 Å². The van der Waals surface area contributed by atoms with Crippen LogP contribution in [0.25, 0.3) is 0 Å². The summed E-state index contributed by atoms with van der Waals surface area (Å²) in [6, 6.07) is -2.35. The van der Waals surface area contributed by atoms with E-state index in [2.05, 4.69) is 10.6 Å². The molecule has 0 spiro atoms. The number of carbonyl (C=O) groups is 3. The van der Waals surface area contributed by atoms with Crippen molar-refractivity contribution in [3.8, 4) is 0 Å². The van der Waals surface area contributed by atoms with Gasteiger partial charge in [-0.25, -0.2) is 9.59 Å². The van der Waals surface area contributed by atoms with E-state index in [9.17, 15) is 14.4 Å². The van der Waals surface area contributed by atoms with Gasteiger partial charge in [-0.3, -0.25) is 4.79 Å². The molecular weight excluding hydrogens is 274 g/mol. The molecule has 21 heavy (non-hydrogen) atoms. The Morgan fingerprint density at radius 1 is 1.10 bits per heavy atom. The molecule has 0 heterocycles. The molecule has 0 fully saturated rings. The molecule has 4 N–H and O–H groups in total. The van der Waals surface area contributed by atoms with Gasteiger partial charge in [-0.2, -0.15) is 0 Å². The summed E-state index contributed by atoms with van der Waals surface area (Å²) in [6.45, 7) is 10.6. The highest BCUT2D eigenvalue weighted by atomic mass is 16.6. The molecule has 3 amide bonds. The summed E-state index contributed by atoms with van der Waals surface area (Å²) >= 11 is 0. The lowest BCUT2D eigenvalue weighted by molar-refractivity contribution is -0.158. The molecule has 0 radical (unpaired) electrons. The number of primary amides is 1. The van der Waals surface area contributed by atoms with Crippen LogP contribution in [-0.2, 0) is 14.3 Å². The highest BCUT2D eigenvalue weighted by molar-refractivity contribution is 5.90. The van der Waals surface area contributed by atoms with Crippen LogP contribution in [0.3, 0.4) is 0 Å². The number of carbonyl (C=O) groups excluding carboxylic acids is 3. The summed E-state index contributed by atoms with van der Waals surface area (Å²) in [7, 11) is 0. The fourth-order valence-corrected chi connectivity index (χ4v) is 1.64. The largest absolute Gasteiger partial charge is 0.458 e. The van der Waals surface area contributed by atoms with Crippen molar-refractivity contribution in [2.75, 3.05) is 0 Å². The zero-order valence-electron chi connectivity index (χ0n) is 13.6. The summed E-state index contributed by atoms with van der Waals surface area (Å²) in [5, 5.41) is 4.91. The highest BCUT2D eigenvalue weighted by Gasteiger charge is 2.27. The minimum atomic E-state index is -0.805. The Labute approximate surface area is 126 Å². The molecule has 0 aromatic rings. The zero-order chi connectivity index (χ0) is 16.8. The number of ether oxygens (including phenoxy) is 1. The van der Waals surface area contributed by atoms with E-state index >= 15 is 0 Å². The molecule has 7 nitrogen and oxygen atoms in total. The van der Waals surface area contributed by atoms with Crippen molar-refractivity contribution >= 4 is 17.9 Å². The lowest BCUT2D eigenvalue weighted by Crippen LogP contribution is -2.53. The van der Waals surface area contributed by atoms with Crippen molar-refractivity contribution in [3.05, 3.63) is 0 Å². The van der Waals surface area contributed by atoms with E-state index in [1.807, 2.05) is 13.8 Å². The smallest absolute Gasteiger partial charge is 0.328 e. The summed E-state index contributed by atoms with van der Waals surface area (Å²) < 4.78 is 5.18. The van der Waals surface area contributed by atoms with E-state index in [-0.39, 0.29) is 5.92 Å². The van der Waals surface area contributed by atoms with E-state index in [1.165, 1.54) is 6.92 Å². The summed E-state index contributed by atoms with van der Waals surface area (Å²) in [5.41, 5.74) is 4.43. The number of esters is 1. The number of amides is 3. The molecule has 2 atom stereocenters. The van der Waals surface area contributed by atoms with E-state index < -0.39 is 35.6 Å². The van der Waals surface area contributed by atoms with Gasteiger partial charge in [0.15, 0.2) is 0 Å². The van der Waals surface area contributed by atoms with Crippen LogP contribution in [0.1, 0.15) is 48.0 Å². The normalized spacial score (nSPS) is 14.2. The standard InChI is InChI=1S/C14H27N3O4/c1-8(2)7-10(17-13(15)20)11(18)16-9(3)12(19)21-14(4,5)6/h8-10H,7H2,1-6H3,(H,16,18)(H3,15,17,20)/t9-,10?/m1/s1. The van der Waals surface area contributed by atoms with E-state index in [4.69, 9.17) is 10.5 Å². The SMILES string of the molecule is CC(C)CC(NC(N)=O)C(=O)N[C@H](C)C(=O)OC(C)(C)C. The third-order valence-electron chi connectivity index (χ3n) is 2.46. The van der Waals surface area contributed by atoms with Crippen LogP contribution in [0, 0.1) is 5.92 Å². The maximum Gasteiger partial charge on any atom is 0.328 e. The predicted molar refractivity (Wildman–Crippen MR) is 79.4 cm³/mol. The Kier molecular flexibility index (Phi) is 7.18. The monoisotopic (exact) mass is 301 g/mol. The molecule has 0 aliphatic heterocycles. The van der Waals surface area contributed by atoms with Gasteiger partial charge in [-0.15, -0.1) is 0 Å². The van der Waals surface area contributed by atoms with Crippen LogP contribution >= 0.6 is 0 Å². The molecular formula is C14H27N3O4. The molecule has 0 aliphatic rings. The molecule has 0 aromatic heterocycles. The molecule has 7 heteroatoms. The quantitative estimate of drug-likeness (QED) is 0.633. The second-order valence-corrected chi connectivity index (χ2v) is 6.45. The van der Waals surface area contributed by atoms with Crippen LogP contribution in [0.15, 0.2) is 0 Å². The molecule has 0 saturated heterocycles. The number of nitrogens with one attached hydrogen (secondary N) is 2. The number of urea groups is 1. The number of hydrogen-bond acceptors (Lipinski definition) is 4. The van der Waals surface area contributed by atoms with E-state index in [0.29, 0.717) is 6.42 Å². The minimum absolute atomic E-state index is 0.185. The van der Waals surface area contributed by atoms with Crippen molar-refractivity contribution in [2.45, 2.75) is 65.6 Å². The van der Waals surface area contributed by atoms with Gasteiger partial charge in [0.25, 0.3) is 0 Å². The average molecular weight is 301 g/mol. The minimum Gasteiger partial charge on any atom is -0.458 e. The molecule has 0 saturated carbocycles. The highest BCUT2D eigenvalue weighted by Crippen LogP contribution is 2.09. The Balaban J connectivity index is 4.66. The van der Waals surface area contributed by atoms with Crippen LogP contribution in [0.2, 0.25) is 0 Å². The van der Waals surface area contributed by atoms with Crippen LogP contribution in [-0.4, -0.2) is 35.6 Å². The molecule has 1 unspecified atom stereocenters. The van der Waals surface area contributed by atoms with Crippen molar-refractivity contribution in [3.63, 3.8) is 0 Å². The van der Waals surface area contributed by atoms with Crippen molar-refractivity contribution in [1.82, 2.24) is 10.6 Å². The van der Waals surface area contributed by atoms with Gasteiger partial charge in [0.05, 0.1) is 0 Å². The van der Waals surface area contributed by atoms with Crippen molar-refractivity contribution in [2.24, 2.45) is 11.7 Å². The van der Waals surface area contributed by atoms with E-state index in [0.717, 1.165) is 0 Å². The summed E-state index contributed by atoms with van der Waals surface area (Å²) in [5.74, 6) is -0.802. The van der Waals surface area contributed by atoms with E-state index in [1.54, 1.807) is 20.8 Å². The Morgan fingerprint density at radius 2 is 1.62 bits per heavy atom. The first-order valence-electron chi connectivity index (χ1n) is 7.01. The molecule has 0 rings (SSSR count). The van der Waals surface area contributed by atoms with Gasteiger partial charge < -0.3 is 21.1 Å². The molecule has 0 bridgehead atoms. The first-order chi connectivity index (χ1) is 9.42. The molecule has 0 aliphatic carbocycles. The van der Waals surface area contributed by atoms with Gasteiger partial charge in [0.2, 0.25) is 5.91 Å². The first kappa shape index (κ1) is 19.2. The second-order valence-electron chi connectivity index (χ2n) is 6.45. The van der Waals surface area contributed by atoms with Gasteiger partial charge in [0.1, 0.15) is 17.7 Å². The fraction of sp³-hybridized carbons (Fsp3) is 0.786. The second kappa shape index (κ2) is 7.85. The van der Waals surface area contributed by atoms with Crippen molar-refractivity contribution in [1.29, 1.82) is 0 Å². The number of hydrogen-bond donors (Lipinski definition) is 3. The van der Waals surface area contributed by atoms with Gasteiger partial charge in [-0.05, 0) is 40.0 Å². The maximum absolute atomic E-state index is 12.1. The van der Waals surface area contributed by atoms with Gasteiger partial charge >= 0.3 is 12.0 Å². The lowest BCUT2D eigenvalue weighted by atomic mass is 10.0. The number of rotatable bonds is 6. The molecule has 122 valence electrons. The molecule has 0 aromatic carbocycles. The zero-order valence-corrected chi connectivity index (χ0v) is 13.6. The Morgan fingerprint density at radius 3 is 2.00 bits per heavy atom. The third-order valence-corrected chi connectivity index (χ3v) is 2.46. The average Bonchev–Trinajstić information content (AvgIpc) is 2.24. The van der Waals surface area contributed by atoms with Crippen LogP contribution in [0.4, 0.5) is 4.79 Å². The summed E-state index contributed by atoms with van der Waals surface area (Å²) in [6.07, 6.45) is 0.426. The predicted octanol–water partition coefficient (Wildman–Crippen LogP) is 0.916. The lowest BCUT2D eigenvalue weighted by Gasteiger charge is -2.24. The Hall–Kier alpha value is -1.79. The van der Waals surface area contributed by atoms with Crippen LogP contribution in [0.5, 0.6) is 0 Å². The Bertz CT molecular complexity index is 388. The fourth-order valence-electron chi connectivity index (χ4n) is 1.64. The van der Waals surface area contributed by atoms with Crippen molar-refractivity contribution < 1.29 is 19.1 Å². The topological polar surface area (TPSA) is 111 Å².